The normalized spacial score (nSPS) is 9.40. The van der Waals surface area contributed by atoms with Gasteiger partial charge in [0.25, 0.3) is 0 Å². The van der Waals surface area contributed by atoms with Crippen LogP contribution in [0.4, 0.5) is 0 Å². The predicted molar refractivity (Wildman–Crippen MR) is 61.0 cm³/mol. The molecule has 0 aliphatic rings. The molecular weight excluding hydrogens is 190 g/mol. The number of hydrogen-bond acceptors (Lipinski definition) is 3. The largest absolute Gasteiger partial charge is 0.384 e. The van der Waals surface area contributed by atoms with Gasteiger partial charge in [-0.2, -0.15) is 0 Å². The number of nitrogens with zero attached hydrogens (tertiary/aromatic N) is 1. The molecule has 0 aromatic carbocycles. The van der Waals surface area contributed by atoms with E-state index in [9.17, 15) is 4.79 Å². The molecule has 3 nitrogen and oxygen atoms in total. The van der Waals surface area contributed by atoms with Crippen LogP contribution in [0.3, 0.4) is 0 Å². The molecule has 0 amide bonds. The van der Waals surface area contributed by atoms with Crippen molar-refractivity contribution in [3.63, 3.8) is 0 Å². The van der Waals surface area contributed by atoms with Gasteiger partial charge in [-0.25, -0.2) is 0 Å². The number of Topliss-reactive ketones (excluding diaryl/α,β-unsaturated/α-hetero) is 1. The molecule has 0 unspecified atom stereocenters. The van der Waals surface area contributed by atoms with E-state index in [1.54, 1.807) is 31.5 Å². The molecule has 0 aliphatic carbocycles. The van der Waals surface area contributed by atoms with Gasteiger partial charge >= 0.3 is 0 Å². The Hall–Kier alpha value is -1.22. The Labute approximate surface area is 91.5 Å². The second-order valence-corrected chi connectivity index (χ2v) is 3.62. The van der Waals surface area contributed by atoms with Gasteiger partial charge in [0.15, 0.2) is 5.78 Å². The lowest BCUT2D eigenvalue weighted by Crippen LogP contribution is -1.96. The third-order valence-electron chi connectivity index (χ3n) is 1.53. The first-order chi connectivity index (χ1) is 7.07. The quantitative estimate of drug-likeness (QED) is 0.718. The third kappa shape index (κ3) is 7.82. The van der Waals surface area contributed by atoms with Crippen molar-refractivity contribution in [3.05, 3.63) is 30.1 Å². The number of hydrogen-bond donors (Lipinski definition) is 0. The number of methoxy groups -OCH3 is 1. The van der Waals surface area contributed by atoms with Gasteiger partial charge in [0.05, 0.1) is 0 Å². The molecule has 1 aromatic heterocycles. The average molecular weight is 209 g/mol. The van der Waals surface area contributed by atoms with Crippen LogP contribution in [0.15, 0.2) is 24.4 Å². The number of rotatable bonds is 3. The summed E-state index contributed by atoms with van der Waals surface area (Å²) in [5, 5.41) is 0. The van der Waals surface area contributed by atoms with E-state index in [0.717, 1.165) is 6.61 Å². The van der Waals surface area contributed by atoms with E-state index in [-0.39, 0.29) is 5.78 Å². The summed E-state index contributed by atoms with van der Waals surface area (Å²) < 4.78 is 4.80. The Bertz CT molecular complexity index is 270. The van der Waals surface area contributed by atoms with Crippen LogP contribution in [-0.4, -0.2) is 24.5 Å². The number of ketones is 1. The highest BCUT2D eigenvalue weighted by molar-refractivity contribution is 5.91. The summed E-state index contributed by atoms with van der Waals surface area (Å²) in [4.78, 5) is 14.4. The highest BCUT2D eigenvalue weighted by Crippen LogP contribution is 1.92. The predicted octanol–water partition coefficient (Wildman–Crippen LogP) is 2.57. The minimum atomic E-state index is 0.00981. The maximum absolute atomic E-state index is 10.6. The second kappa shape index (κ2) is 8.12. The van der Waals surface area contributed by atoms with Crippen molar-refractivity contribution in [1.29, 1.82) is 0 Å². The van der Waals surface area contributed by atoms with Crippen molar-refractivity contribution in [1.82, 2.24) is 4.98 Å². The maximum Gasteiger partial charge on any atom is 0.178 e. The Balaban J connectivity index is 0.000000288. The van der Waals surface area contributed by atoms with Gasteiger partial charge in [0.1, 0.15) is 5.69 Å². The molecule has 0 aliphatic heterocycles. The molecule has 0 fully saturated rings. The molecule has 0 N–H and O–H groups in total. The number of carbonyl (C=O) groups is 1. The SMILES string of the molecule is CC(=O)c1ccccn1.COCC(C)C. The van der Waals surface area contributed by atoms with E-state index in [0.29, 0.717) is 11.6 Å². The minimum Gasteiger partial charge on any atom is -0.384 e. The first-order valence-corrected chi connectivity index (χ1v) is 4.98. The topological polar surface area (TPSA) is 39.2 Å². The fourth-order valence-corrected chi connectivity index (χ4v) is 0.904. The van der Waals surface area contributed by atoms with Gasteiger partial charge in [0.2, 0.25) is 0 Å². The standard InChI is InChI=1S/C7H7NO.C5H12O/c1-6(9)7-4-2-3-5-8-7;1-5(2)4-6-3/h2-5H,1H3;5H,4H2,1-3H3. The Morgan fingerprint density at radius 1 is 1.47 bits per heavy atom. The smallest absolute Gasteiger partial charge is 0.178 e. The lowest BCUT2D eigenvalue weighted by molar-refractivity contribution is 0.101. The lowest BCUT2D eigenvalue weighted by Gasteiger charge is -1.97. The summed E-state index contributed by atoms with van der Waals surface area (Å²) in [6.07, 6.45) is 1.61. The molecule has 0 bridgehead atoms. The van der Waals surface area contributed by atoms with Crippen LogP contribution in [0, 0.1) is 5.92 Å². The minimum absolute atomic E-state index is 0.00981. The van der Waals surface area contributed by atoms with E-state index in [4.69, 9.17) is 4.74 Å². The Kier molecular flexibility index (Phi) is 7.46. The van der Waals surface area contributed by atoms with Crippen LogP contribution in [-0.2, 0) is 4.74 Å². The van der Waals surface area contributed by atoms with Gasteiger partial charge in [-0.05, 0) is 18.1 Å². The number of pyridine rings is 1. The second-order valence-electron chi connectivity index (χ2n) is 3.62. The van der Waals surface area contributed by atoms with Gasteiger partial charge in [-0.15, -0.1) is 0 Å². The monoisotopic (exact) mass is 209 g/mol. The third-order valence-corrected chi connectivity index (χ3v) is 1.53. The maximum atomic E-state index is 10.6. The molecule has 1 rings (SSSR count). The molecule has 0 radical (unpaired) electrons. The van der Waals surface area contributed by atoms with Crippen molar-refractivity contribution in [2.24, 2.45) is 5.92 Å². The van der Waals surface area contributed by atoms with E-state index in [1.807, 2.05) is 0 Å². The first kappa shape index (κ1) is 13.8. The summed E-state index contributed by atoms with van der Waals surface area (Å²) >= 11 is 0. The Morgan fingerprint density at radius 2 is 2.13 bits per heavy atom. The summed E-state index contributed by atoms with van der Waals surface area (Å²) in [7, 11) is 1.72. The van der Waals surface area contributed by atoms with Gasteiger partial charge in [-0.1, -0.05) is 19.9 Å². The van der Waals surface area contributed by atoms with Crippen molar-refractivity contribution >= 4 is 5.78 Å². The van der Waals surface area contributed by atoms with E-state index < -0.39 is 0 Å². The first-order valence-electron chi connectivity index (χ1n) is 4.98. The number of carbonyl (C=O) groups excluding carboxylic acids is 1. The van der Waals surface area contributed by atoms with Crippen LogP contribution < -0.4 is 0 Å². The molecule has 1 heterocycles. The molecule has 0 saturated heterocycles. The molecule has 3 heteroatoms. The van der Waals surface area contributed by atoms with Crippen LogP contribution in [0.2, 0.25) is 0 Å². The molecule has 15 heavy (non-hydrogen) atoms. The fraction of sp³-hybridized carbons (Fsp3) is 0.500. The molecule has 0 atom stereocenters. The van der Waals surface area contributed by atoms with Gasteiger partial charge in [0, 0.05) is 26.8 Å². The average Bonchev–Trinajstić information content (AvgIpc) is 2.20. The van der Waals surface area contributed by atoms with Crippen molar-refractivity contribution < 1.29 is 9.53 Å². The van der Waals surface area contributed by atoms with Gasteiger partial charge < -0.3 is 4.74 Å². The molecule has 84 valence electrons. The summed E-state index contributed by atoms with van der Waals surface area (Å²) in [6.45, 7) is 6.63. The summed E-state index contributed by atoms with van der Waals surface area (Å²) in [5.41, 5.74) is 0.525. The van der Waals surface area contributed by atoms with E-state index >= 15 is 0 Å². The molecule has 0 spiro atoms. The lowest BCUT2D eigenvalue weighted by atomic mass is 10.2. The highest BCUT2D eigenvalue weighted by Gasteiger charge is 1.94. The summed E-state index contributed by atoms with van der Waals surface area (Å²) in [5.74, 6) is 0.686. The van der Waals surface area contributed by atoms with Crippen molar-refractivity contribution in [2.45, 2.75) is 20.8 Å². The number of aromatic nitrogens is 1. The fourth-order valence-electron chi connectivity index (χ4n) is 0.904. The zero-order valence-electron chi connectivity index (χ0n) is 9.86. The van der Waals surface area contributed by atoms with Crippen LogP contribution in [0.5, 0.6) is 0 Å². The van der Waals surface area contributed by atoms with Crippen LogP contribution in [0.1, 0.15) is 31.3 Å². The zero-order chi connectivity index (χ0) is 11.7. The van der Waals surface area contributed by atoms with Crippen molar-refractivity contribution in [3.8, 4) is 0 Å². The van der Waals surface area contributed by atoms with Crippen molar-refractivity contribution in [2.75, 3.05) is 13.7 Å². The van der Waals surface area contributed by atoms with E-state index in [1.165, 1.54) is 6.92 Å². The summed E-state index contributed by atoms with van der Waals surface area (Å²) in [6, 6.07) is 5.28. The van der Waals surface area contributed by atoms with Crippen LogP contribution >= 0.6 is 0 Å². The van der Waals surface area contributed by atoms with Gasteiger partial charge in [-0.3, -0.25) is 9.78 Å². The molecule has 1 aromatic rings. The molecular formula is C12H19NO2. The number of ether oxygens (including phenoxy) is 1. The Morgan fingerprint density at radius 3 is 2.33 bits per heavy atom. The highest BCUT2D eigenvalue weighted by atomic mass is 16.5. The van der Waals surface area contributed by atoms with Crippen LogP contribution in [0.25, 0.3) is 0 Å². The zero-order valence-corrected chi connectivity index (χ0v) is 9.86. The van der Waals surface area contributed by atoms with E-state index in [2.05, 4.69) is 18.8 Å². The molecule has 0 saturated carbocycles.